The number of rotatable bonds is 5. The predicted octanol–water partition coefficient (Wildman–Crippen LogP) is 5.09. The van der Waals surface area contributed by atoms with Gasteiger partial charge in [-0.3, -0.25) is 4.79 Å². The third kappa shape index (κ3) is 3.61. The second kappa shape index (κ2) is 7.66. The van der Waals surface area contributed by atoms with Crippen molar-refractivity contribution in [2.24, 2.45) is 0 Å². The van der Waals surface area contributed by atoms with E-state index in [0.717, 1.165) is 39.7 Å². The Labute approximate surface area is 167 Å². The van der Waals surface area contributed by atoms with Crippen molar-refractivity contribution in [1.82, 2.24) is 14.6 Å². The summed E-state index contributed by atoms with van der Waals surface area (Å²) >= 11 is 0. The zero-order valence-electron chi connectivity index (χ0n) is 17.8. The van der Waals surface area contributed by atoms with Crippen LogP contribution in [0.2, 0.25) is 0 Å². The van der Waals surface area contributed by atoms with Gasteiger partial charge in [0, 0.05) is 29.7 Å². The molecule has 0 aliphatic heterocycles. The molecular weight excluding hydrogens is 350 g/mol. The van der Waals surface area contributed by atoms with Crippen LogP contribution < -0.4 is 0 Å². The van der Waals surface area contributed by atoms with Crippen molar-refractivity contribution in [3.63, 3.8) is 0 Å². The largest absolute Gasteiger partial charge is 0.361 e. The van der Waals surface area contributed by atoms with Crippen LogP contribution in [0.1, 0.15) is 64.1 Å². The van der Waals surface area contributed by atoms with Crippen molar-refractivity contribution in [3.8, 4) is 5.69 Å². The number of nitrogens with zero attached hydrogens (tertiary/aromatic N) is 3. The van der Waals surface area contributed by atoms with E-state index in [1.807, 2.05) is 40.8 Å². The van der Waals surface area contributed by atoms with Gasteiger partial charge in [-0.1, -0.05) is 31.1 Å². The minimum Gasteiger partial charge on any atom is -0.361 e. The molecule has 1 amide bonds. The summed E-state index contributed by atoms with van der Waals surface area (Å²) in [5, 5.41) is 3.98. The quantitative estimate of drug-likeness (QED) is 0.620. The molecule has 0 atom stereocenters. The summed E-state index contributed by atoms with van der Waals surface area (Å²) in [5.41, 5.74) is 6.90. The Morgan fingerprint density at radius 1 is 1.18 bits per heavy atom. The number of benzene rings is 1. The lowest BCUT2D eigenvalue weighted by Crippen LogP contribution is -2.27. The summed E-state index contributed by atoms with van der Waals surface area (Å²) in [6, 6.07) is 10.5. The highest BCUT2D eigenvalue weighted by Gasteiger charge is 2.22. The van der Waals surface area contributed by atoms with Gasteiger partial charge in [-0.2, -0.15) is 0 Å². The highest BCUT2D eigenvalue weighted by Crippen LogP contribution is 2.25. The molecule has 1 aromatic carbocycles. The van der Waals surface area contributed by atoms with Crippen LogP contribution in [0.15, 0.2) is 34.9 Å². The molecule has 0 radical (unpaired) electrons. The summed E-state index contributed by atoms with van der Waals surface area (Å²) in [6.07, 6.45) is 0. The van der Waals surface area contributed by atoms with E-state index >= 15 is 0 Å². The molecule has 148 valence electrons. The third-order valence-electron chi connectivity index (χ3n) is 5.38. The molecule has 3 rings (SSSR count). The molecule has 0 aliphatic rings. The van der Waals surface area contributed by atoms with Gasteiger partial charge in [0.1, 0.15) is 5.76 Å². The second-order valence-electron chi connectivity index (χ2n) is 7.83. The molecule has 0 aliphatic carbocycles. The Balaban J connectivity index is 1.93. The van der Waals surface area contributed by atoms with Crippen LogP contribution in [-0.4, -0.2) is 27.6 Å². The van der Waals surface area contributed by atoms with Gasteiger partial charge in [-0.15, -0.1) is 0 Å². The van der Waals surface area contributed by atoms with Gasteiger partial charge >= 0.3 is 0 Å². The Morgan fingerprint density at radius 3 is 2.50 bits per heavy atom. The lowest BCUT2D eigenvalue weighted by Gasteiger charge is -2.17. The van der Waals surface area contributed by atoms with Crippen molar-refractivity contribution < 1.29 is 9.32 Å². The summed E-state index contributed by atoms with van der Waals surface area (Å²) in [5.74, 6) is 1.21. The molecular formula is C23H29N3O2. The average Bonchev–Trinajstić information content (AvgIpc) is 3.13. The van der Waals surface area contributed by atoms with E-state index in [1.54, 1.807) is 4.90 Å². The minimum atomic E-state index is -0.000589. The summed E-state index contributed by atoms with van der Waals surface area (Å²) in [6.45, 7) is 12.7. The average molecular weight is 380 g/mol. The maximum Gasteiger partial charge on any atom is 0.255 e. The Morgan fingerprint density at radius 2 is 1.89 bits per heavy atom. The molecule has 0 saturated heterocycles. The van der Waals surface area contributed by atoms with Gasteiger partial charge in [0.25, 0.3) is 5.91 Å². The highest BCUT2D eigenvalue weighted by molar-refractivity contribution is 5.95. The number of carbonyl (C=O) groups excluding carboxylic acids is 1. The molecule has 28 heavy (non-hydrogen) atoms. The smallest absolute Gasteiger partial charge is 0.255 e. The second-order valence-corrected chi connectivity index (χ2v) is 7.83. The maximum atomic E-state index is 13.1. The maximum absolute atomic E-state index is 13.1. The lowest BCUT2D eigenvalue weighted by atomic mass is 10.0. The monoisotopic (exact) mass is 379 g/mol. The standard InChI is InChI=1S/C23H29N3O2/c1-14(2)19-9-8-10-20(12-19)26-15(3)11-21(17(26)5)23(27)25(7)13-22-16(4)24-28-18(22)6/h8-12,14H,13H2,1-7H3. The third-order valence-corrected chi connectivity index (χ3v) is 5.38. The topological polar surface area (TPSA) is 51.3 Å². The van der Waals surface area contributed by atoms with Gasteiger partial charge in [0.2, 0.25) is 0 Å². The number of carbonyl (C=O) groups is 1. The molecule has 0 fully saturated rings. The van der Waals surface area contributed by atoms with Gasteiger partial charge < -0.3 is 14.0 Å². The van der Waals surface area contributed by atoms with E-state index in [-0.39, 0.29) is 5.91 Å². The number of aryl methyl sites for hydroxylation is 3. The normalized spacial score (nSPS) is 11.3. The fraction of sp³-hybridized carbons (Fsp3) is 0.391. The molecule has 0 unspecified atom stereocenters. The molecule has 2 heterocycles. The first kappa shape index (κ1) is 19.9. The van der Waals surface area contributed by atoms with Crippen molar-refractivity contribution in [2.45, 2.75) is 54.0 Å². The molecule has 2 aromatic heterocycles. The number of hydrogen-bond donors (Lipinski definition) is 0. The molecule has 0 saturated carbocycles. The van der Waals surface area contributed by atoms with Crippen LogP contribution in [0, 0.1) is 27.7 Å². The fourth-order valence-electron chi connectivity index (χ4n) is 3.64. The van der Waals surface area contributed by atoms with Crippen LogP contribution in [0.5, 0.6) is 0 Å². The zero-order valence-corrected chi connectivity index (χ0v) is 17.8. The first-order valence-corrected chi connectivity index (χ1v) is 9.67. The fourth-order valence-corrected chi connectivity index (χ4v) is 3.64. The van der Waals surface area contributed by atoms with E-state index in [1.165, 1.54) is 5.56 Å². The van der Waals surface area contributed by atoms with Crippen molar-refractivity contribution in [1.29, 1.82) is 0 Å². The number of aromatic nitrogens is 2. The van der Waals surface area contributed by atoms with E-state index in [2.05, 4.69) is 47.8 Å². The molecule has 3 aromatic rings. The minimum absolute atomic E-state index is 0.000589. The van der Waals surface area contributed by atoms with Gasteiger partial charge in [0.15, 0.2) is 0 Å². The Bertz CT molecular complexity index is 992. The van der Waals surface area contributed by atoms with E-state index < -0.39 is 0 Å². The lowest BCUT2D eigenvalue weighted by molar-refractivity contribution is 0.0784. The van der Waals surface area contributed by atoms with Crippen molar-refractivity contribution in [2.75, 3.05) is 7.05 Å². The van der Waals surface area contributed by atoms with Gasteiger partial charge in [-0.25, -0.2) is 0 Å². The van der Waals surface area contributed by atoms with E-state index in [9.17, 15) is 4.79 Å². The Hall–Kier alpha value is -2.82. The molecule has 5 heteroatoms. The van der Waals surface area contributed by atoms with E-state index in [0.29, 0.717) is 12.5 Å². The van der Waals surface area contributed by atoms with Gasteiger partial charge in [0.05, 0.1) is 17.8 Å². The highest BCUT2D eigenvalue weighted by atomic mass is 16.5. The first-order chi connectivity index (χ1) is 13.2. The summed E-state index contributed by atoms with van der Waals surface area (Å²) in [4.78, 5) is 14.9. The van der Waals surface area contributed by atoms with Crippen LogP contribution in [0.4, 0.5) is 0 Å². The van der Waals surface area contributed by atoms with E-state index in [4.69, 9.17) is 4.52 Å². The van der Waals surface area contributed by atoms with Crippen LogP contribution >= 0.6 is 0 Å². The van der Waals surface area contributed by atoms with Gasteiger partial charge in [-0.05, 0) is 57.4 Å². The summed E-state index contributed by atoms with van der Waals surface area (Å²) in [7, 11) is 1.82. The predicted molar refractivity (Wildman–Crippen MR) is 111 cm³/mol. The molecule has 0 bridgehead atoms. The SMILES string of the molecule is Cc1noc(C)c1CN(C)C(=O)c1cc(C)n(-c2cccc(C(C)C)c2)c1C. The summed E-state index contributed by atoms with van der Waals surface area (Å²) < 4.78 is 7.38. The van der Waals surface area contributed by atoms with Crippen molar-refractivity contribution >= 4 is 5.91 Å². The molecule has 0 N–H and O–H groups in total. The van der Waals surface area contributed by atoms with Crippen LogP contribution in [0.25, 0.3) is 5.69 Å². The Kier molecular flexibility index (Phi) is 5.45. The zero-order chi connectivity index (χ0) is 20.6. The number of amides is 1. The molecule has 0 spiro atoms. The number of hydrogen-bond acceptors (Lipinski definition) is 3. The first-order valence-electron chi connectivity index (χ1n) is 9.67. The van der Waals surface area contributed by atoms with Crippen LogP contribution in [0.3, 0.4) is 0 Å². The van der Waals surface area contributed by atoms with Crippen LogP contribution in [-0.2, 0) is 6.54 Å². The van der Waals surface area contributed by atoms with Crippen molar-refractivity contribution in [3.05, 3.63) is 69.9 Å². The molecule has 5 nitrogen and oxygen atoms in total.